The number of hydrogen-bond donors (Lipinski definition) is 3. The summed E-state index contributed by atoms with van der Waals surface area (Å²) in [7, 11) is -2.15. The second-order valence-corrected chi connectivity index (χ2v) is 5.80. The summed E-state index contributed by atoms with van der Waals surface area (Å²) in [5.74, 6) is 0. The van der Waals surface area contributed by atoms with E-state index >= 15 is 0 Å². The van der Waals surface area contributed by atoms with Gasteiger partial charge in [0.25, 0.3) is 0 Å². The van der Waals surface area contributed by atoms with Crippen molar-refractivity contribution < 1.29 is 13.2 Å². The van der Waals surface area contributed by atoms with Gasteiger partial charge in [0.15, 0.2) is 0 Å². The maximum absolute atomic E-state index is 11.9. The zero-order valence-electron chi connectivity index (χ0n) is 11.3. The van der Waals surface area contributed by atoms with Gasteiger partial charge in [-0.3, -0.25) is 0 Å². The molecule has 0 aliphatic rings. The lowest BCUT2D eigenvalue weighted by atomic mass is 10.3. The molecule has 0 saturated carbocycles. The van der Waals surface area contributed by atoms with Crippen molar-refractivity contribution in [1.29, 1.82) is 0 Å². The van der Waals surface area contributed by atoms with Crippen molar-refractivity contribution in [2.75, 3.05) is 37.9 Å². The molecule has 0 unspecified atom stereocenters. The molecule has 0 saturated heterocycles. The van der Waals surface area contributed by atoms with Crippen molar-refractivity contribution in [3.05, 3.63) is 18.2 Å². The van der Waals surface area contributed by atoms with E-state index in [1.807, 2.05) is 6.92 Å². The molecule has 108 valence electrons. The third-order valence-electron chi connectivity index (χ3n) is 2.55. The fraction of sp³-hybridized carbons (Fsp3) is 0.500. The summed E-state index contributed by atoms with van der Waals surface area (Å²) >= 11 is 0. The zero-order chi connectivity index (χ0) is 14.3. The first-order valence-corrected chi connectivity index (χ1v) is 7.64. The van der Waals surface area contributed by atoms with E-state index in [2.05, 4.69) is 10.0 Å². The number of anilines is 2. The van der Waals surface area contributed by atoms with Gasteiger partial charge < -0.3 is 15.8 Å². The van der Waals surface area contributed by atoms with Gasteiger partial charge >= 0.3 is 0 Å². The number of nitrogens with one attached hydrogen (secondary N) is 2. The molecule has 0 heterocycles. The first-order chi connectivity index (χ1) is 9.01. The van der Waals surface area contributed by atoms with Crippen LogP contribution in [0.3, 0.4) is 0 Å². The quantitative estimate of drug-likeness (QED) is 0.490. The fourth-order valence-corrected chi connectivity index (χ4v) is 2.50. The molecule has 0 aromatic heterocycles. The molecule has 1 rings (SSSR count). The van der Waals surface area contributed by atoms with Crippen LogP contribution in [0.4, 0.5) is 11.4 Å². The first-order valence-electron chi connectivity index (χ1n) is 6.16. The molecule has 19 heavy (non-hydrogen) atoms. The predicted octanol–water partition coefficient (Wildman–Crippen LogP) is 1.02. The molecule has 4 N–H and O–H groups in total. The molecule has 0 radical (unpaired) electrons. The Hall–Kier alpha value is -1.31. The van der Waals surface area contributed by atoms with Crippen LogP contribution in [0.25, 0.3) is 0 Å². The molecule has 0 fully saturated rings. The summed E-state index contributed by atoms with van der Waals surface area (Å²) in [6.45, 7) is 3.90. The zero-order valence-corrected chi connectivity index (χ0v) is 12.1. The van der Waals surface area contributed by atoms with Crippen molar-refractivity contribution in [1.82, 2.24) is 4.72 Å². The van der Waals surface area contributed by atoms with Crippen LogP contribution in [0.5, 0.6) is 0 Å². The SMILES string of the molecule is CCOCCCNc1ccc(N)cc1S(=O)(=O)NC. The highest BCUT2D eigenvalue weighted by atomic mass is 32.2. The van der Waals surface area contributed by atoms with Crippen LogP contribution >= 0.6 is 0 Å². The third-order valence-corrected chi connectivity index (χ3v) is 4.00. The third kappa shape index (κ3) is 4.70. The monoisotopic (exact) mass is 287 g/mol. The smallest absolute Gasteiger partial charge is 0.242 e. The van der Waals surface area contributed by atoms with Crippen molar-refractivity contribution >= 4 is 21.4 Å². The van der Waals surface area contributed by atoms with Crippen LogP contribution in [-0.4, -0.2) is 35.2 Å². The van der Waals surface area contributed by atoms with Crippen LogP contribution in [-0.2, 0) is 14.8 Å². The lowest BCUT2D eigenvalue weighted by molar-refractivity contribution is 0.147. The molecule has 1 aromatic carbocycles. The van der Waals surface area contributed by atoms with Gasteiger partial charge in [-0.2, -0.15) is 0 Å². The van der Waals surface area contributed by atoms with Crippen LogP contribution < -0.4 is 15.8 Å². The Morgan fingerprint density at radius 3 is 2.74 bits per heavy atom. The first kappa shape index (κ1) is 15.7. The normalized spacial score (nSPS) is 11.5. The van der Waals surface area contributed by atoms with E-state index in [-0.39, 0.29) is 4.90 Å². The molecule has 0 aliphatic carbocycles. The Kier molecular flexibility index (Phi) is 6.07. The molecule has 0 bridgehead atoms. The fourth-order valence-electron chi connectivity index (χ4n) is 1.56. The Morgan fingerprint density at radius 2 is 2.11 bits per heavy atom. The van der Waals surface area contributed by atoms with Crippen molar-refractivity contribution in [3.63, 3.8) is 0 Å². The number of nitrogen functional groups attached to an aromatic ring is 1. The minimum atomic E-state index is -3.52. The molecule has 7 heteroatoms. The maximum atomic E-state index is 11.9. The van der Waals surface area contributed by atoms with E-state index < -0.39 is 10.0 Å². The van der Waals surface area contributed by atoms with Crippen LogP contribution in [0.15, 0.2) is 23.1 Å². The minimum absolute atomic E-state index is 0.159. The molecule has 0 amide bonds. The van der Waals surface area contributed by atoms with Crippen molar-refractivity contribution in [2.24, 2.45) is 0 Å². The van der Waals surface area contributed by atoms with E-state index in [4.69, 9.17) is 10.5 Å². The number of nitrogens with two attached hydrogens (primary N) is 1. The number of hydrogen-bond acceptors (Lipinski definition) is 5. The van der Waals surface area contributed by atoms with Crippen molar-refractivity contribution in [3.8, 4) is 0 Å². The summed E-state index contributed by atoms with van der Waals surface area (Å²) < 4.78 is 31.3. The van der Waals surface area contributed by atoms with E-state index in [1.165, 1.54) is 13.1 Å². The number of rotatable bonds is 8. The Labute approximate surface area is 114 Å². The largest absolute Gasteiger partial charge is 0.399 e. The van der Waals surface area contributed by atoms with E-state index in [0.717, 1.165) is 6.42 Å². The second-order valence-electron chi connectivity index (χ2n) is 3.94. The Bertz CT molecular complexity index is 503. The summed E-state index contributed by atoms with van der Waals surface area (Å²) in [4.78, 5) is 0.159. The Balaban J connectivity index is 2.78. The predicted molar refractivity (Wildman–Crippen MR) is 76.7 cm³/mol. The highest BCUT2D eigenvalue weighted by Gasteiger charge is 2.16. The highest BCUT2D eigenvalue weighted by Crippen LogP contribution is 2.23. The average molecular weight is 287 g/mol. The summed E-state index contributed by atoms with van der Waals surface area (Å²) in [6.07, 6.45) is 0.803. The van der Waals surface area contributed by atoms with Crippen LogP contribution in [0, 0.1) is 0 Å². The van der Waals surface area contributed by atoms with Gasteiger partial charge in [-0.15, -0.1) is 0 Å². The summed E-state index contributed by atoms with van der Waals surface area (Å²) in [5.41, 5.74) is 6.59. The van der Waals surface area contributed by atoms with Crippen LogP contribution in [0.2, 0.25) is 0 Å². The van der Waals surface area contributed by atoms with E-state index in [9.17, 15) is 8.42 Å². The molecule has 6 nitrogen and oxygen atoms in total. The maximum Gasteiger partial charge on any atom is 0.242 e. The molecule has 0 spiro atoms. The number of benzene rings is 1. The Morgan fingerprint density at radius 1 is 1.37 bits per heavy atom. The lowest BCUT2D eigenvalue weighted by Gasteiger charge is -2.12. The van der Waals surface area contributed by atoms with E-state index in [0.29, 0.717) is 31.1 Å². The molecule has 0 aliphatic heterocycles. The van der Waals surface area contributed by atoms with Gasteiger partial charge in [0.2, 0.25) is 10.0 Å². The molecular weight excluding hydrogens is 266 g/mol. The second kappa shape index (κ2) is 7.32. The standard InChI is InChI=1S/C12H21N3O3S/c1-3-18-8-4-7-15-11-6-5-10(13)9-12(11)19(16,17)14-2/h5-6,9,14-15H,3-4,7-8,13H2,1-2H3. The lowest BCUT2D eigenvalue weighted by Crippen LogP contribution is -2.20. The van der Waals surface area contributed by atoms with Crippen LogP contribution in [0.1, 0.15) is 13.3 Å². The van der Waals surface area contributed by atoms with Gasteiger partial charge in [0.05, 0.1) is 5.69 Å². The molecule has 1 aromatic rings. The van der Waals surface area contributed by atoms with Gasteiger partial charge in [0, 0.05) is 25.4 Å². The highest BCUT2D eigenvalue weighted by molar-refractivity contribution is 7.89. The van der Waals surface area contributed by atoms with Gasteiger partial charge in [-0.25, -0.2) is 13.1 Å². The summed E-state index contributed by atoms with van der Waals surface area (Å²) in [5, 5.41) is 3.09. The van der Waals surface area contributed by atoms with Gasteiger partial charge in [0.1, 0.15) is 4.90 Å². The molecule has 0 atom stereocenters. The topological polar surface area (TPSA) is 93.4 Å². The molecular formula is C12H21N3O3S. The average Bonchev–Trinajstić information content (AvgIpc) is 2.40. The van der Waals surface area contributed by atoms with Crippen molar-refractivity contribution in [2.45, 2.75) is 18.2 Å². The summed E-state index contributed by atoms with van der Waals surface area (Å²) in [6, 6.07) is 4.77. The van der Waals surface area contributed by atoms with Gasteiger partial charge in [-0.1, -0.05) is 0 Å². The number of sulfonamides is 1. The van der Waals surface area contributed by atoms with E-state index in [1.54, 1.807) is 12.1 Å². The number of ether oxygens (including phenoxy) is 1. The van der Waals surface area contributed by atoms with Gasteiger partial charge in [-0.05, 0) is 38.6 Å². The minimum Gasteiger partial charge on any atom is -0.399 e.